The summed E-state index contributed by atoms with van der Waals surface area (Å²) in [5.41, 5.74) is 1.87. The van der Waals surface area contributed by atoms with Crippen molar-refractivity contribution in [1.29, 1.82) is 0 Å². The fraction of sp³-hybridized carbons (Fsp3) is 0.269. The summed E-state index contributed by atoms with van der Waals surface area (Å²) >= 11 is 5.92. The summed E-state index contributed by atoms with van der Waals surface area (Å²) in [5.74, 6) is 1.94. The predicted molar refractivity (Wildman–Crippen MR) is 133 cm³/mol. The van der Waals surface area contributed by atoms with Crippen LogP contribution in [-0.2, 0) is 11.2 Å². The zero-order valence-electron chi connectivity index (χ0n) is 19.8. The molecular weight excluding hydrogens is 488 g/mol. The number of hydrogen-bond acceptors (Lipinski definition) is 7. The molecule has 0 N–H and O–H groups in total. The maximum atomic E-state index is 13.3. The van der Waals surface area contributed by atoms with Crippen molar-refractivity contribution in [1.82, 2.24) is 4.90 Å². The molecule has 10 heteroatoms. The minimum atomic E-state index is -0.470. The summed E-state index contributed by atoms with van der Waals surface area (Å²) in [6.07, 6.45) is 0.621. The van der Waals surface area contributed by atoms with E-state index in [1.807, 2.05) is 12.1 Å². The van der Waals surface area contributed by atoms with Crippen molar-refractivity contribution in [3.63, 3.8) is 0 Å². The van der Waals surface area contributed by atoms with Gasteiger partial charge in [-0.3, -0.25) is 14.9 Å². The van der Waals surface area contributed by atoms with Crippen molar-refractivity contribution >= 4 is 23.2 Å². The van der Waals surface area contributed by atoms with Gasteiger partial charge in [-0.25, -0.2) is 0 Å². The molecule has 0 saturated carbocycles. The lowest BCUT2D eigenvalue weighted by molar-refractivity contribution is -0.384. The monoisotopic (exact) mass is 512 g/mol. The summed E-state index contributed by atoms with van der Waals surface area (Å²) in [5, 5.41) is 11.5. The topological polar surface area (TPSA) is 100 Å². The van der Waals surface area contributed by atoms with Crippen LogP contribution in [0.4, 0.5) is 5.69 Å². The van der Waals surface area contributed by atoms with Gasteiger partial charge in [-0.15, -0.1) is 0 Å². The van der Waals surface area contributed by atoms with E-state index in [9.17, 15) is 14.9 Å². The first kappa shape index (κ1) is 25.1. The molecule has 36 heavy (non-hydrogen) atoms. The van der Waals surface area contributed by atoms with Crippen LogP contribution in [0, 0.1) is 10.1 Å². The number of nitro groups is 1. The second-order valence-electron chi connectivity index (χ2n) is 8.06. The van der Waals surface area contributed by atoms with Crippen LogP contribution in [0.2, 0.25) is 5.02 Å². The van der Waals surface area contributed by atoms with E-state index in [0.29, 0.717) is 41.0 Å². The highest BCUT2D eigenvalue weighted by molar-refractivity contribution is 6.30. The molecule has 9 nitrogen and oxygen atoms in total. The number of methoxy groups -OCH3 is 2. The Balaban J connectivity index is 1.57. The zero-order valence-corrected chi connectivity index (χ0v) is 20.6. The number of ether oxygens (including phenoxy) is 4. The smallest absolute Gasteiger partial charge is 0.269 e. The molecular formula is C26H25ClN2O7. The number of non-ortho nitro benzene ring substituents is 1. The molecule has 0 aliphatic carbocycles. The number of fused-ring (bicyclic) bond motifs is 1. The summed E-state index contributed by atoms with van der Waals surface area (Å²) < 4.78 is 22.6. The van der Waals surface area contributed by atoms with Crippen LogP contribution in [0.5, 0.6) is 23.0 Å². The van der Waals surface area contributed by atoms with Gasteiger partial charge in [-0.2, -0.15) is 0 Å². The Kier molecular flexibility index (Phi) is 7.80. The quantitative estimate of drug-likeness (QED) is 0.298. The molecule has 1 aliphatic heterocycles. The lowest BCUT2D eigenvalue weighted by atomic mass is 9.92. The Hall–Kier alpha value is -3.98. The van der Waals surface area contributed by atoms with E-state index in [2.05, 4.69) is 0 Å². The third kappa shape index (κ3) is 5.63. The Labute approximate surface area is 213 Å². The number of amides is 1. The van der Waals surface area contributed by atoms with Gasteiger partial charge in [0.2, 0.25) is 0 Å². The molecule has 1 amide bonds. The molecule has 1 aliphatic rings. The minimum absolute atomic E-state index is 0.0293. The summed E-state index contributed by atoms with van der Waals surface area (Å²) in [4.78, 5) is 25.4. The molecule has 0 fully saturated rings. The lowest BCUT2D eigenvalue weighted by Gasteiger charge is -2.37. The average molecular weight is 513 g/mol. The van der Waals surface area contributed by atoms with E-state index in [-0.39, 0.29) is 24.8 Å². The van der Waals surface area contributed by atoms with Crippen LogP contribution in [0.15, 0.2) is 60.7 Å². The third-order valence-electron chi connectivity index (χ3n) is 5.95. The number of halogens is 1. The molecule has 0 spiro atoms. The number of carbonyl (C=O) groups excluding carboxylic acids is 1. The Morgan fingerprint density at radius 3 is 2.25 bits per heavy atom. The van der Waals surface area contributed by atoms with E-state index in [0.717, 1.165) is 11.1 Å². The highest BCUT2D eigenvalue weighted by Crippen LogP contribution is 2.38. The standard InChI is InChI=1S/C26H25ClN2O7/c1-33-24-13-17-11-12-28(26(30)16-36-20-7-3-18(27)4-8-20)23(22(17)14-25(24)34-2)15-35-21-9-5-19(6-10-21)29(31)32/h3-10,13-14,23H,11-12,15-16H2,1-2H3/t23-/m1/s1. The van der Waals surface area contributed by atoms with Gasteiger partial charge in [-0.1, -0.05) is 11.6 Å². The average Bonchev–Trinajstić information content (AvgIpc) is 2.90. The Morgan fingerprint density at radius 2 is 1.61 bits per heavy atom. The highest BCUT2D eigenvalue weighted by atomic mass is 35.5. The van der Waals surface area contributed by atoms with E-state index in [1.54, 1.807) is 43.4 Å². The van der Waals surface area contributed by atoms with Gasteiger partial charge in [0.25, 0.3) is 11.6 Å². The van der Waals surface area contributed by atoms with Gasteiger partial charge in [-0.05, 0) is 66.1 Å². The molecule has 3 aromatic carbocycles. The Bertz CT molecular complexity index is 1230. The highest BCUT2D eigenvalue weighted by Gasteiger charge is 2.33. The Morgan fingerprint density at radius 1 is 1.00 bits per heavy atom. The molecule has 3 aromatic rings. The summed E-state index contributed by atoms with van der Waals surface area (Å²) in [6, 6.07) is 15.9. The van der Waals surface area contributed by atoms with Crippen molar-refractivity contribution in [3.05, 3.63) is 86.9 Å². The number of rotatable bonds is 9. The van der Waals surface area contributed by atoms with Crippen molar-refractivity contribution in [2.75, 3.05) is 34.0 Å². The normalized spacial score (nSPS) is 14.5. The van der Waals surface area contributed by atoms with Crippen LogP contribution >= 0.6 is 11.6 Å². The van der Waals surface area contributed by atoms with Crippen molar-refractivity contribution in [2.45, 2.75) is 12.5 Å². The van der Waals surface area contributed by atoms with Gasteiger partial charge in [0.1, 0.15) is 18.1 Å². The van der Waals surface area contributed by atoms with Crippen LogP contribution in [0.1, 0.15) is 17.2 Å². The molecule has 0 aromatic heterocycles. The molecule has 0 radical (unpaired) electrons. The van der Waals surface area contributed by atoms with Gasteiger partial charge in [0, 0.05) is 23.7 Å². The van der Waals surface area contributed by atoms with Crippen molar-refractivity contribution < 1.29 is 28.7 Å². The molecule has 1 heterocycles. The van der Waals surface area contributed by atoms with Crippen LogP contribution in [0.3, 0.4) is 0 Å². The van der Waals surface area contributed by atoms with Crippen molar-refractivity contribution in [3.8, 4) is 23.0 Å². The third-order valence-corrected chi connectivity index (χ3v) is 6.21. The minimum Gasteiger partial charge on any atom is -0.493 e. The summed E-state index contributed by atoms with van der Waals surface area (Å²) in [6.45, 7) is 0.435. The SMILES string of the molecule is COc1cc2c(cc1OC)[C@@H](COc1ccc([N+](=O)[O-])cc1)N(C(=O)COc1ccc(Cl)cc1)CC2. The maximum Gasteiger partial charge on any atom is 0.269 e. The van der Waals surface area contributed by atoms with Gasteiger partial charge in [0.15, 0.2) is 18.1 Å². The molecule has 0 bridgehead atoms. The molecule has 0 saturated heterocycles. The van der Waals surface area contributed by atoms with Crippen LogP contribution in [-0.4, -0.2) is 49.7 Å². The molecule has 1 atom stereocenters. The summed E-state index contributed by atoms with van der Waals surface area (Å²) in [7, 11) is 3.13. The van der Waals surface area contributed by atoms with Gasteiger partial charge in [0.05, 0.1) is 25.2 Å². The number of benzene rings is 3. The largest absolute Gasteiger partial charge is 0.493 e. The number of carbonyl (C=O) groups is 1. The van der Waals surface area contributed by atoms with Gasteiger partial charge < -0.3 is 23.8 Å². The second-order valence-corrected chi connectivity index (χ2v) is 8.50. The first-order valence-corrected chi connectivity index (χ1v) is 11.6. The second kappa shape index (κ2) is 11.2. The molecule has 188 valence electrons. The number of hydrogen-bond donors (Lipinski definition) is 0. The number of nitro benzene ring substituents is 1. The fourth-order valence-corrected chi connectivity index (χ4v) is 4.23. The van der Waals surface area contributed by atoms with Crippen LogP contribution in [0.25, 0.3) is 0 Å². The van der Waals surface area contributed by atoms with Gasteiger partial charge >= 0.3 is 0 Å². The first-order chi connectivity index (χ1) is 17.4. The van der Waals surface area contributed by atoms with E-state index < -0.39 is 11.0 Å². The first-order valence-electron chi connectivity index (χ1n) is 11.2. The van der Waals surface area contributed by atoms with E-state index >= 15 is 0 Å². The predicted octanol–water partition coefficient (Wildman–Crippen LogP) is 4.85. The van der Waals surface area contributed by atoms with Crippen molar-refractivity contribution in [2.24, 2.45) is 0 Å². The lowest BCUT2D eigenvalue weighted by Crippen LogP contribution is -2.44. The van der Waals surface area contributed by atoms with Crippen LogP contribution < -0.4 is 18.9 Å². The zero-order chi connectivity index (χ0) is 25.7. The molecule has 0 unspecified atom stereocenters. The molecule has 4 rings (SSSR count). The number of nitrogens with zero attached hydrogens (tertiary/aromatic N) is 2. The van der Waals surface area contributed by atoms with E-state index in [4.69, 9.17) is 30.5 Å². The van der Waals surface area contributed by atoms with E-state index in [1.165, 1.54) is 24.3 Å². The maximum absolute atomic E-state index is 13.3. The fourth-order valence-electron chi connectivity index (χ4n) is 4.10.